The first-order valence-electron chi connectivity index (χ1n) is 7.32. The second-order valence-electron chi connectivity index (χ2n) is 5.42. The second kappa shape index (κ2) is 5.16. The molecular weight excluding hydrogens is 320 g/mol. The van der Waals surface area contributed by atoms with Gasteiger partial charge in [0.15, 0.2) is 0 Å². The summed E-state index contributed by atoms with van der Waals surface area (Å²) >= 11 is 3.80. The zero-order valence-electron chi connectivity index (χ0n) is 11.6. The van der Waals surface area contributed by atoms with Gasteiger partial charge in [0.1, 0.15) is 0 Å². The highest BCUT2D eigenvalue weighted by atomic mass is 79.9. The average Bonchev–Trinajstić information content (AvgIpc) is 2.56. The lowest BCUT2D eigenvalue weighted by Crippen LogP contribution is -1.92. The minimum absolute atomic E-state index is 1.13. The maximum Gasteiger partial charge on any atom is 0.0332 e. The van der Waals surface area contributed by atoms with Crippen molar-refractivity contribution in [1.82, 2.24) is 0 Å². The van der Waals surface area contributed by atoms with Gasteiger partial charge in [-0.3, -0.25) is 0 Å². The Balaban J connectivity index is 2.22. The van der Waals surface area contributed by atoms with E-state index in [1.54, 1.807) is 0 Å². The monoisotopic (exact) mass is 334 g/mol. The van der Waals surface area contributed by atoms with E-state index in [2.05, 4.69) is 82.7 Å². The van der Waals surface area contributed by atoms with Crippen LogP contribution in [0.4, 0.5) is 0 Å². The summed E-state index contributed by atoms with van der Waals surface area (Å²) in [5, 5.41) is 5.21. The molecule has 0 radical (unpaired) electrons. The van der Waals surface area contributed by atoms with Crippen molar-refractivity contribution in [3.05, 3.63) is 76.8 Å². The first-order chi connectivity index (χ1) is 10.4. The molecule has 0 bridgehead atoms. The molecule has 102 valence electrons. The quantitative estimate of drug-likeness (QED) is 0.446. The van der Waals surface area contributed by atoms with Crippen LogP contribution in [0.3, 0.4) is 0 Å². The highest BCUT2D eigenvalue weighted by Gasteiger charge is 2.14. The molecule has 0 saturated heterocycles. The summed E-state index contributed by atoms with van der Waals surface area (Å²) in [5.74, 6) is 0. The van der Waals surface area contributed by atoms with Crippen molar-refractivity contribution in [2.75, 3.05) is 0 Å². The van der Waals surface area contributed by atoms with Crippen LogP contribution in [-0.2, 0) is 0 Å². The van der Waals surface area contributed by atoms with Gasteiger partial charge in [-0.1, -0.05) is 66.8 Å². The lowest BCUT2D eigenvalue weighted by Gasteiger charge is -2.16. The molecule has 0 saturated carbocycles. The Hall–Kier alpha value is -1.86. The van der Waals surface area contributed by atoms with Gasteiger partial charge in [-0.25, -0.2) is 0 Å². The first kappa shape index (κ1) is 12.8. The number of hydrogen-bond donors (Lipinski definition) is 0. The Labute approximate surface area is 132 Å². The van der Waals surface area contributed by atoms with Crippen LogP contribution in [0.15, 0.2) is 71.2 Å². The topological polar surface area (TPSA) is 0 Å². The first-order valence-corrected chi connectivity index (χ1v) is 8.11. The molecule has 0 amide bonds. The van der Waals surface area contributed by atoms with Gasteiger partial charge in [0.2, 0.25) is 0 Å². The molecule has 3 aromatic rings. The van der Waals surface area contributed by atoms with Crippen LogP contribution in [0.25, 0.3) is 27.1 Å². The Bertz CT molecular complexity index is 843. The van der Waals surface area contributed by atoms with E-state index in [0.717, 1.165) is 12.8 Å². The standard InChI is InChI=1S/C20H15Br/c21-20-17-12-6-4-10-15(17)19(14-8-2-1-3-9-14)16-11-5-7-13-18(16)20/h2,4-13H,1,3H2. The summed E-state index contributed by atoms with van der Waals surface area (Å²) in [6.07, 6.45) is 9.19. The van der Waals surface area contributed by atoms with Crippen molar-refractivity contribution < 1.29 is 0 Å². The van der Waals surface area contributed by atoms with E-state index < -0.39 is 0 Å². The maximum atomic E-state index is 3.80. The van der Waals surface area contributed by atoms with Crippen molar-refractivity contribution in [2.45, 2.75) is 12.8 Å². The Morgan fingerprint density at radius 3 is 1.81 bits per heavy atom. The third-order valence-electron chi connectivity index (χ3n) is 4.15. The van der Waals surface area contributed by atoms with Crippen molar-refractivity contribution in [3.8, 4) is 0 Å². The predicted molar refractivity (Wildman–Crippen MR) is 95.5 cm³/mol. The highest BCUT2D eigenvalue weighted by molar-refractivity contribution is 9.10. The molecule has 0 unspecified atom stereocenters. The minimum Gasteiger partial charge on any atom is -0.0836 e. The molecule has 0 N–H and O–H groups in total. The summed E-state index contributed by atoms with van der Waals surface area (Å²) in [7, 11) is 0. The van der Waals surface area contributed by atoms with Crippen molar-refractivity contribution in [3.63, 3.8) is 0 Å². The van der Waals surface area contributed by atoms with Gasteiger partial charge in [0.05, 0.1) is 0 Å². The third kappa shape index (κ3) is 2.04. The van der Waals surface area contributed by atoms with Crippen molar-refractivity contribution in [1.29, 1.82) is 0 Å². The molecule has 1 aliphatic rings. The Kier molecular flexibility index (Phi) is 3.16. The van der Waals surface area contributed by atoms with E-state index in [1.807, 2.05) is 0 Å². The number of hydrogen-bond acceptors (Lipinski definition) is 0. The zero-order valence-corrected chi connectivity index (χ0v) is 13.2. The zero-order chi connectivity index (χ0) is 14.2. The molecule has 3 aromatic carbocycles. The molecule has 0 nitrogen and oxygen atoms in total. The smallest absolute Gasteiger partial charge is 0.0332 e. The van der Waals surface area contributed by atoms with E-state index in [0.29, 0.717) is 0 Å². The van der Waals surface area contributed by atoms with Crippen LogP contribution in [0.1, 0.15) is 18.4 Å². The minimum atomic E-state index is 1.13. The van der Waals surface area contributed by atoms with Gasteiger partial charge in [0, 0.05) is 4.47 Å². The average molecular weight is 335 g/mol. The van der Waals surface area contributed by atoms with E-state index >= 15 is 0 Å². The second-order valence-corrected chi connectivity index (χ2v) is 6.21. The molecule has 21 heavy (non-hydrogen) atoms. The maximum absolute atomic E-state index is 3.80. The molecule has 0 aromatic heterocycles. The van der Waals surface area contributed by atoms with Gasteiger partial charge in [-0.05, 0) is 61.5 Å². The van der Waals surface area contributed by atoms with Crippen LogP contribution < -0.4 is 0 Å². The van der Waals surface area contributed by atoms with Crippen LogP contribution >= 0.6 is 15.9 Å². The molecule has 0 atom stereocenters. The number of rotatable bonds is 1. The van der Waals surface area contributed by atoms with E-state index in [-0.39, 0.29) is 0 Å². The molecule has 1 heteroatoms. The summed E-state index contributed by atoms with van der Waals surface area (Å²) in [6, 6.07) is 17.3. The third-order valence-corrected chi connectivity index (χ3v) is 5.00. The fourth-order valence-electron chi connectivity index (χ4n) is 3.19. The lowest BCUT2D eigenvalue weighted by atomic mass is 9.90. The van der Waals surface area contributed by atoms with E-state index in [9.17, 15) is 0 Å². The summed E-state index contributed by atoms with van der Waals surface area (Å²) in [6.45, 7) is 0. The van der Waals surface area contributed by atoms with Crippen LogP contribution in [0.2, 0.25) is 0 Å². The number of allylic oxidation sites excluding steroid dienone is 4. The largest absolute Gasteiger partial charge is 0.0836 e. The normalized spacial score (nSPS) is 14.6. The Morgan fingerprint density at radius 1 is 0.714 bits per heavy atom. The van der Waals surface area contributed by atoms with Gasteiger partial charge in [-0.15, -0.1) is 0 Å². The van der Waals surface area contributed by atoms with E-state index in [1.165, 1.54) is 37.2 Å². The van der Waals surface area contributed by atoms with Gasteiger partial charge in [-0.2, -0.15) is 0 Å². The fraction of sp³-hybridized carbons (Fsp3) is 0.100. The predicted octanol–water partition coefficient (Wildman–Crippen LogP) is 6.49. The SMILES string of the molecule is Brc1c2ccccc2c(C2=CCCC=C2)c2ccccc12. The summed E-state index contributed by atoms with van der Waals surface area (Å²) < 4.78 is 1.19. The van der Waals surface area contributed by atoms with Gasteiger partial charge < -0.3 is 0 Å². The van der Waals surface area contributed by atoms with Crippen LogP contribution in [0, 0.1) is 0 Å². The lowest BCUT2D eigenvalue weighted by molar-refractivity contribution is 1.04. The fourth-order valence-corrected chi connectivity index (χ4v) is 3.88. The number of benzene rings is 3. The molecule has 1 aliphatic carbocycles. The summed E-state index contributed by atoms with van der Waals surface area (Å²) in [4.78, 5) is 0. The molecule has 0 aliphatic heterocycles. The van der Waals surface area contributed by atoms with E-state index in [4.69, 9.17) is 0 Å². The van der Waals surface area contributed by atoms with Crippen molar-refractivity contribution in [2.24, 2.45) is 0 Å². The van der Waals surface area contributed by atoms with Crippen LogP contribution in [-0.4, -0.2) is 0 Å². The Morgan fingerprint density at radius 2 is 1.29 bits per heavy atom. The molecular formula is C20H15Br. The van der Waals surface area contributed by atoms with Crippen LogP contribution in [0.5, 0.6) is 0 Å². The molecule has 4 rings (SSSR count). The molecule has 0 fully saturated rings. The summed E-state index contributed by atoms with van der Waals surface area (Å²) in [5.41, 5.74) is 2.71. The number of halogens is 1. The highest BCUT2D eigenvalue weighted by Crippen LogP contribution is 2.40. The molecule has 0 spiro atoms. The molecule has 0 heterocycles. The van der Waals surface area contributed by atoms with Crippen molar-refractivity contribution >= 4 is 43.0 Å². The number of fused-ring (bicyclic) bond motifs is 2. The van der Waals surface area contributed by atoms with Gasteiger partial charge >= 0.3 is 0 Å². The van der Waals surface area contributed by atoms with Gasteiger partial charge in [0.25, 0.3) is 0 Å².